The van der Waals surface area contributed by atoms with Crippen molar-refractivity contribution in [2.75, 3.05) is 0 Å². The lowest BCUT2D eigenvalue weighted by Gasteiger charge is -2.10. The van der Waals surface area contributed by atoms with Crippen molar-refractivity contribution in [1.29, 1.82) is 0 Å². The third-order valence-corrected chi connectivity index (χ3v) is 3.75. The fourth-order valence-corrected chi connectivity index (χ4v) is 2.43. The van der Waals surface area contributed by atoms with E-state index in [4.69, 9.17) is 0 Å². The summed E-state index contributed by atoms with van der Waals surface area (Å²) in [5.74, 6) is 0. The van der Waals surface area contributed by atoms with Gasteiger partial charge in [-0.3, -0.25) is 0 Å². The van der Waals surface area contributed by atoms with Gasteiger partial charge >= 0.3 is 0 Å². The van der Waals surface area contributed by atoms with Crippen LogP contribution in [0.4, 0.5) is 0 Å². The zero-order chi connectivity index (χ0) is 15.1. The number of hydrogen-bond acceptors (Lipinski definition) is 1. The Bertz CT molecular complexity index is 540. The molecule has 0 bridgehead atoms. The van der Waals surface area contributed by atoms with E-state index >= 15 is 0 Å². The Hall–Kier alpha value is -1.60. The number of rotatable bonds is 7. The first-order valence-corrected chi connectivity index (χ1v) is 8.10. The second-order valence-electron chi connectivity index (χ2n) is 6.04. The van der Waals surface area contributed by atoms with Gasteiger partial charge in [0.05, 0.1) is 0 Å². The van der Waals surface area contributed by atoms with Gasteiger partial charge in [-0.25, -0.2) is 0 Å². The van der Waals surface area contributed by atoms with Crippen LogP contribution in [0.25, 0.3) is 11.1 Å². The third-order valence-electron chi connectivity index (χ3n) is 3.75. The minimum Gasteiger partial charge on any atom is -0.310 e. The Kier molecular flexibility index (Phi) is 6.01. The van der Waals surface area contributed by atoms with Crippen molar-refractivity contribution in [3.8, 4) is 11.1 Å². The summed E-state index contributed by atoms with van der Waals surface area (Å²) in [7, 11) is 0. The molecule has 1 nitrogen and oxygen atoms in total. The van der Waals surface area contributed by atoms with Gasteiger partial charge in [0.25, 0.3) is 0 Å². The van der Waals surface area contributed by atoms with Crippen molar-refractivity contribution in [2.24, 2.45) is 0 Å². The average Bonchev–Trinajstić information content (AvgIpc) is 2.52. The Morgan fingerprint density at radius 1 is 0.905 bits per heavy atom. The molecular weight excluding hydrogens is 254 g/mol. The van der Waals surface area contributed by atoms with E-state index in [9.17, 15) is 0 Å². The highest BCUT2D eigenvalue weighted by molar-refractivity contribution is 5.64. The van der Waals surface area contributed by atoms with Crippen LogP contribution >= 0.6 is 0 Å². The molecule has 0 radical (unpaired) electrons. The summed E-state index contributed by atoms with van der Waals surface area (Å²) < 4.78 is 0. The number of hydrogen-bond donors (Lipinski definition) is 1. The third kappa shape index (κ3) is 5.02. The molecule has 0 saturated carbocycles. The van der Waals surface area contributed by atoms with E-state index in [1.165, 1.54) is 41.5 Å². The standard InChI is InChI=1S/C20H27N/c1-4-5-7-17-10-12-19(13-11-17)20-9-6-8-18(14-20)15-21-16(2)3/h6,8-14,16,21H,4-5,7,15H2,1-3H3. The molecule has 0 aliphatic carbocycles. The highest BCUT2D eigenvalue weighted by Gasteiger charge is 2.01. The molecular formula is C20H27N. The Labute approximate surface area is 129 Å². The highest BCUT2D eigenvalue weighted by atomic mass is 14.9. The van der Waals surface area contributed by atoms with Gasteiger partial charge in [-0.2, -0.15) is 0 Å². The number of nitrogens with one attached hydrogen (secondary N) is 1. The SMILES string of the molecule is CCCCc1ccc(-c2cccc(CNC(C)C)c2)cc1. The van der Waals surface area contributed by atoms with Crippen LogP contribution in [0.1, 0.15) is 44.7 Å². The molecule has 0 fully saturated rings. The fraction of sp³-hybridized carbons (Fsp3) is 0.400. The summed E-state index contributed by atoms with van der Waals surface area (Å²) in [5.41, 5.74) is 5.40. The van der Waals surface area contributed by atoms with Crippen molar-refractivity contribution < 1.29 is 0 Å². The first kappa shape index (κ1) is 15.8. The average molecular weight is 281 g/mol. The lowest BCUT2D eigenvalue weighted by Crippen LogP contribution is -2.21. The van der Waals surface area contributed by atoms with E-state index in [-0.39, 0.29) is 0 Å². The summed E-state index contributed by atoms with van der Waals surface area (Å²) in [6.07, 6.45) is 3.72. The van der Waals surface area contributed by atoms with Crippen molar-refractivity contribution in [2.45, 2.75) is 52.6 Å². The van der Waals surface area contributed by atoms with Crippen LogP contribution in [0.2, 0.25) is 0 Å². The zero-order valence-corrected chi connectivity index (χ0v) is 13.5. The van der Waals surface area contributed by atoms with Crippen LogP contribution in [0, 0.1) is 0 Å². The molecule has 2 aromatic carbocycles. The summed E-state index contributed by atoms with van der Waals surface area (Å²) in [6, 6.07) is 18.4. The molecule has 1 heteroatoms. The van der Waals surface area contributed by atoms with Crippen molar-refractivity contribution in [3.05, 3.63) is 59.7 Å². The van der Waals surface area contributed by atoms with E-state index in [1.807, 2.05) is 0 Å². The summed E-state index contributed by atoms with van der Waals surface area (Å²) in [6.45, 7) is 7.53. The van der Waals surface area contributed by atoms with Crippen LogP contribution in [-0.2, 0) is 13.0 Å². The molecule has 2 aromatic rings. The van der Waals surface area contributed by atoms with Crippen LogP contribution in [-0.4, -0.2) is 6.04 Å². The lowest BCUT2D eigenvalue weighted by atomic mass is 10.00. The summed E-state index contributed by atoms with van der Waals surface area (Å²) in [4.78, 5) is 0. The predicted molar refractivity (Wildman–Crippen MR) is 92.5 cm³/mol. The minimum atomic E-state index is 0.520. The maximum absolute atomic E-state index is 3.47. The largest absolute Gasteiger partial charge is 0.310 e. The van der Waals surface area contributed by atoms with Gasteiger partial charge in [0, 0.05) is 12.6 Å². The van der Waals surface area contributed by atoms with Crippen molar-refractivity contribution >= 4 is 0 Å². The quantitative estimate of drug-likeness (QED) is 0.736. The molecule has 21 heavy (non-hydrogen) atoms. The molecule has 0 atom stereocenters. The number of benzene rings is 2. The topological polar surface area (TPSA) is 12.0 Å². The van der Waals surface area contributed by atoms with E-state index in [0.717, 1.165) is 6.54 Å². The molecule has 0 heterocycles. The molecule has 0 spiro atoms. The van der Waals surface area contributed by atoms with Crippen molar-refractivity contribution in [1.82, 2.24) is 5.32 Å². The van der Waals surface area contributed by atoms with E-state index in [0.29, 0.717) is 6.04 Å². The van der Waals surface area contributed by atoms with Crippen LogP contribution in [0.5, 0.6) is 0 Å². The van der Waals surface area contributed by atoms with Gasteiger partial charge in [-0.05, 0) is 41.2 Å². The molecule has 0 aliphatic rings. The van der Waals surface area contributed by atoms with Crippen LogP contribution in [0.3, 0.4) is 0 Å². The highest BCUT2D eigenvalue weighted by Crippen LogP contribution is 2.21. The smallest absolute Gasteiger partial charge is 0.0208 e. The molecule has 0 saturated heterocycles. The van der Waals surface area contributed by atoms with Gasteiger partial charge < -0.3 is 5.32 Å². The number of aryl methyl sites for hydroxylation is 1. The molecule has 0 aromatic heterocycles. The molecule has 0 aliphatic heterocycles. The van der Waals surface area contributed by atoms with Gasteiger partial charge in [0.15, 0.2) is 0 Å². The normalized spacial score (nSPS) is 11.0. The summed E-state index contributed by atoms with van der Waals surface area (Å²) in [5, 5.41) is 3.47. The van der Waals surface area contributed by atoms with Crippen molar-refractivity contribution in [3.63, 3.8) is 0 Å². The Balaban J connectivity index is 2.08. The van der Waals surface area contributed by atoms with Gasteiger partial charge in [0.2, 0.25) is 0 Å². The summed E-state index contributed by atoms with van der Waals surface area (Å²) >= 11 is 0. The van der Waals surface area contributed by atoms with Crippen LogP contribution < -0.4 is 5.32 Å². The van der Waals surface area contributed by atoms with Gasteiger partial charge in [-0.15, -0.1) is 0 Å². The van der Waals surface area contributed by atoms with Gasteiger partial charge in [0.1, 0.15) is 0 Å². The van der Waals surface area contributed by atoms with E-state index in [1.54, 1.807) is 0 Å². The molecule has 0 unspecified atom stereocenters. The first-order valence-electron chi connectivity index (χ1n) is 8.10. The van der Waals surface area contributed by atoms with E-state index in [2.05, 4.69) is 74.6 Å². The van der Waals surface area contributed by atoms with E-state index < -0.39 is 0 Å². The zero-order valence-electron chi connectivity index (χ0n) is 13.5. The molecule has 2 rings (SSSR count). The monoisotopic (exact) mass is 281 g/mol. The predicted octanol–water partition coefficient (Wildman–Crippen LogP) is 5.19. The molecule has 1 N–H and O–H groups in total. The second kappa shape index (κ2) is 7.99. The maximum Gasteiger partial charge on any atom is 0.0208 e. The second-order valence-corrected chi connectivity index (χ2v) is 6.04. The Morgan fingerprint density at radius 3 is 2.33 bits per heavy atom. The maximum atomic E-state index is 3.47. The fourth-order valence-electron chi connectivity index (χ4n) is 2.43. The molecule has 0 amide bonds. The minimum absolute atomic E-state index is 0.520. The Morgan fingerprint density at radius 2 is 1.67 bits per heavy atom. The van der Waals surface area contributed by atoms with Gasteiger partial charge in [-0.1, -0.05) is 69.7 Å². The van der Waals surface area contributed by atoms with Crippen LogP contribution in [0.15, 0.2) is 48.5 Å². The lowest BCUT2D eigenvalue weighted by molar-refractivity contribution is 0.589. The number of unbranched alkanes of at least 4 members (excludes halogenated alkanes) is 1. The molecule has 112 valence electrons. The first-order chi connectivity index (χ1) is 10.2.